The molecule has 3 rings (SSSR count). The van der Waals surface area contributed by atoms with Crippen LogP contribution < -0.4 is 5.32 Å². The summed E-state index contributed by atoms with van der Waals surface area (Å²) in [6.07, 6.45) is 5.62. The van der Waals surface area contributed by atoms with E-state index in [1.807, 2.05) is 0 Å². The molecule has 0 aliphatic heterocycles. The number of aryl methyl sites for hydroxylation is 1. The zero-order valence-electron chi connectivity index (χ0n) is 12.7. The fourth-order valence-electron chi connectivity index (χ4n) is 2.05. The fraction of sp³-hybridized carbons (Fsp3) is 0.0625. The Bertz CT molecular complexity index is 981. The first kappa shape index (κ1) is 15.9. The van der Waals surface area contributed by atoms with Gasteiger partial charge < -0.3 is 5.32 Å². The molecular formula is C16H14N4O3S. The molecule has 8 heteroatoms. The molecule has 0 saturated carbocycles. The SMILES string of the molecule is Cc1ccnc(S(=O)(=O)n2ccc(NC(=O)c3ccccn3)c2)c1. The molecule has 3 heterocycles. The van der Waals surface area contributed by atoms with E-state index in [0.717, 1.165) is 9.54 Å². The molecule has 0 aromatic carbocycles. The summed E-state index contributed by atoms with van der Waals surface area (Å²) in [5, 5.41) is 2.55. The van der Waals surface area contributed by atoms with Crippen LogP contribution in [0.25, 0.3) is 0 Å². The Morgan fingerprint density at radius 3 is 2.67 bits per heavy atom. The smallest absolute Gasteiger partial charge is 0.285 e. The van der Waals surface area contributed by atoms with Crippen molar-refractivity contribution in [3.05, 3.63) is 72.4 Å². The minimum Gasteiger partial charge on any atom is -0.319 e. The molecule has 0 saturated heterocycles. The number of hydrogen-bond acceptors (Lipinski definition) is 5. The number of nitrogens with one attached hydrogen (secondary N) is 1. The first-order valence-electron chi connectivity index (χ1n) is 7.05. The first-order chi connectivity index (χ1) is 11.5. The molecule has 0 radical (unpaired) electrons. The lowest BCUT2D eigenvalue weighted by Gasteiger charge is -2.05. The van der Waals surface area contributed by atoms with Crippen LogP contribution in [-0.4, -0.2) is 28.3 Å². The number of amides is 1. The highest BCUT2D eigenvalue weighted by atomic mass is 32.2. The Hall–Kier alpha value is -3.00. The third kappa shape index (κ3) is 3.18. The molecule has 7 nitrogen and oxygen atoms in total. The van der Waals surface area contributed by atoms with E-state index in [-0.39, 0.29) is 10.7 Å². The van der Waals surface area contributed by atoms with Gasteiger partial charge in [0, 0.05) is 24.8 Å². The number of pyridine rings is 2. The van der Waals surface area contributed by atoms with Crippen LogP contribution in [0.5, 0.6) is 0 Å². The van der Waals surface area contributed by atoms with Gasteiger partial charge >= 0.3 is 0 Å². The Balaban J connectivity index is 1.84. The van der Waals surface area contributed by atoms with Gasteiger partial charge in [-0.15, -0.1) is 0 Å². The highest BCUT2D eigenvalue weighted by Crippen LogP contribution is 2.17. The second-order valence-corrected chi connectivity index (χ2v) is 6.87. The molecule has 0 aliphatic rings. The van der Waals surface area contributed by atoms with Crippen molar-refractivity contribution in [3.8, 4) is 0 Å². The zero-order chi connectivity index (χ0) is 17.2. The standard InChI is InChI=1S/C16H14N4O3S/c1-12-5-8-18-15(10-12)24(22,23)20-9-6-13(11-20)19-16(21)14-4-2-3-7-17-14/h2-11H,1H3,(H,19,21). The Kier molecular flexibility index (Phi) is 4.13. The molecule has 1 amide bonds. The Morgan fingerprint density at radius 1 is 1.12 bits per heavy atom. The maximum atomic E-state index is 12.5. The van der Waals surface area contributed by atoms with Gasteiger partial charge in [0.2, 0.25) is 0 Å². The maximum absolute atomic E-state index is 12.5. The van der Waals surface area contributed by atoms with Gasteiger partial charge in [-0.25, -0.2) is 8.96 Å². The summed E-state index contributed by atoms with van der Waals surface area (Å²) >= 11 is 0. The van der Waals surface area contributed by atoms with Gasteiger partial charge in [0.25, 0.3) is 15.9 Å². The molecule has 0 spiro atoms. The van der Waals surface area contributed by atoms with E-state index in [4.69, 9.17) is 0 Å². The monoisotopic (exact) mass is 342 g/mol. The predicted octanol–water partition coefficient (Wildman–Crippen LogP) is 2.08. The van der Waals surface area contributed by atoms with Crippen LogP contribution in [0.4, 0.5) is 5.69 Å². The average molecular weight is 342 g/mol. The van der Waals surface area contributed by atoms with E-state index < -0.39 is 15.9 Å². The fourth-order valence-corrected chi connectivity index (χ4v) is 3.27. The van der Waals surface area contributed by atoms with Gasteiger partial charge in [-0.1, -0.05) is 6.07 Å². The van der Waals surface area contributed by atoms with E-state index in [0.29, 0.717) is 5.69 Å². The molecule has 3 aromatic heterocycles. The number of aromatic nitrogens is 3. The maximum Gasteiger partial charge on any atom is 0.285 e. The summed E-state index contributed by atoms with van der Waals surface area (Å²) in [7, 11) is -3.80. The molecule has 3 aromatic rings. The second kappa shape index (κ2) is 6.25. The van der Waals surface area contributed by atoms with E-state index in [1.54, 1.807) is 31.2 Å². The van der Waals surface area contributed by atoms with Crippen molar-refractivity contribution in [1.82, 2.24) is 13.9 Å². The van der Waals surface area contributed by atoms with Crippen LogP contribution in [0, 0.1) is 6.92 Å². The van der Waals surface area contributed by atoms with Crippen LogP contribution in [0.2, 0.25) is 0 Å². The summed E-state index contributed by atoms with van der Waals surface area (Å²) in [6, 6.07) is 9.66. The Morgan fingerprint density at radius 2 is 1.96 bits per heavy atom. The van der Waals surface area contributed by atoms with Crippen LogP contribution in [0.1, 0.15) is 16.1 Å². The van der Waals surface area contributed by atoms with Crippen molar-refractivity contribution in [2.45, 2.75) is 11.9 Å². The number of carbonyl (C=O) groups excluding carboxylic acids is 1. The number of hydrogen-bond donors (Lipinski definition) is 1. The quantitative estimate of drug-likeness (QED) is 0.783. The van der Waals surface area contributed by atoms with Crippen molar-refractivity contribution in [3.63, 3.8) is 0 Å². The third-order valence-corrected chi connectivity index (χ3v) is 4.79. The van der Waals surface area contributed by atoms with Crippen LogP contribution >= 0.6 is 0 Å². The molecule has 24 heavy (non-hydrogen) atoms. The van der Waals surface area contributed by atoms with Gasteiger partial charge in [0.1, 0.15) is 5.69 Å². The van der Waals surface area contributed by atoms with Crippen molar-refractivity contribution in [2.75, 3.05) is 5.32 Å². The van der Waals surface area contributed by atoms with Crippen LogP contribution in [0.15, 0.2) is 66.2 Å². The number of nitrogens with zero attached hydrogens (tertiary/aromatic N) is 3. The molecule has 0 bridgehead atoms. The van der Waals surface area contributed by atoms with E-state index in [2.05, 4.69) is 15.3 Å². The molecule has 1 N–H and O–H groups in total. The van der Waals surface area contributed by atoms with E-state index in [9.17, 15) is 13.2 Å². The lowest BCUT2D eigenvalue weighted by molar-refractivity contribution is 0.102. The van der Waals surface area contributed by atoms with E-state index >= 15 is 0 Å². The van der Waals surface area contributed by atoms with Gasteiger partial charge in [0.15, 0.2) is 5.03 Å². The van der Waals surface area contributed by atoms with Gasteiger partial charge in [0.05, 0.1) is 5.69 Å². The Labute approximate surface area is 139 Å². The highest BCUT2D eigenvalue weighted by molar-refractivity contribution is 7.89. The first-order valence-corrected chi connectivity index (χ1v) is 8.49. The lowest BCUT2D eigenvalue weighted by Crippen LogP contribution is -2.14. The topological polar surface area (TPSA) is 94.0 Å². The zero-order valence-corrected chi connectivity index (χ0v) is 13.6. The lowest BCUT2D eigenvalue weighted by atomic mass is 10.3. The van der Waals surface area contributed by atoms with Gasteiger partial charge in [-0.05, 0) is 42.8 Å². The summed E-state index contributed by atoms with van der Waals surface area (Å²) in [4.78, 5) is 19.9. The number of carbonyl (C=O) groups is 1. The molecule has 0 aliphatic carbocycles. The van der Waals surface area contributed by atoms with Crippen molar-refractivity contribution in [1.29, 1.82) is 0 Å². The van der Waals surface area contributed by atoms with Crippen LogP contribution in [-0.2, 0) is 10.0 Å². The second-order valence-electron chi connectivity index (χ2n) is 5.08. The van der Waals surface area contributed by atoms with Gasteiger partial charge in [-0.3, -0.25) is 9.78 Å². The molecule has 0 fully saturated rings. The minimum atomic E-state index is -3.80. The molecular weight excluding hydrogens is 328 g/mol. The van der Waals surface area contributed by atoms with Crippen molar-refractivity contribution >= 4 is 21.6 Å². The number of anilines is 1. The summed E-state index contributed by atoms with van der Waals surface area (Å²) < 4.78 is 26.1. The molecule has 0 unspecified atom stereocenters. The number of rotatable bonds is 4. The highest BCUT2D eigenvalue weighted by Gasteiger charge is 2.19. The predicted molar refractivity (Wildman–Crippen MR) is 88.2 cm³/mol. The van der Waals surface area contributed by atoms with Crippen molar-refractivity contribution in [2.24, 2.45) is 0 Å². The summed E-state index contributed by atoms with van der Waals surface area (Å²) in [5.74, 6) is -0.417. The summed E-state index contributed by atoms with van der Waals surface area (Å²) in [6.45, 7) is 1.79. The van der Waals surface area contributed by atoms with Gasteiger partial charge in [-0.2, -0.15) is 8.42 Å². The third-order valence-electron chi connectivity index (χ3n) is 3.25. The largest absolute Gasteiger partial charge is 0.319 e. The molecule has 122 valence electrons. The summed E-state index contributed by atoms with van der Waals surface area (Å²) in [5.41, 5.74) is 1.38. The van der Waals surface area contributed by atoms with Crippen molar-refractivity contribution < 1.29 is 13.2 Å². The van der Waals surface area contributed by atoms with E-state index in [1.165, 1.54) is 36.9 Å². The minimum absolute atomic E-state index is 0.0549. The molecule has 0 atom stereocenters. The van der Waals surface area contributed by atoms with Crippen LogP contribution in [0.3, 0.4) is 0 Å². The normalized spacial score (nSPS) is 11.2. The average Bonchev–Trinajstić information content (AvgIpc) is 3.05.